The number of carbonyl (C=O) groups excluding carboxylic acids is 2. The lowest BCUT2D eigenvalue weighted by molar-refractivity contribution is -0.121. The number of hydrogen-bond donors (Lipinski definition) is 1. The fourth-order valence-corrected chi connectivity index (χ4v) is 2.85. The first-order valence-corrected chi connectivity index (χ1v) is 8.13. The van der Waals surface area contributed by atoms with Crippen molar-refractivity contribution >= 4 is 40.1 Å². The lowest BCUT2D eigenvalue weighted by atomic mass is 10.2. The number of anilines is 1. The molecule has 0 radical (unpaired) electrons. The summed E-state index contributed by atoms with van der Waals surface area (Å²) in [6.45, 7) is 0.574. The van der Waals surface area contributed by atoms with Gasteiger partial charge in [-0.25, -0.2) is 4.90 Å². The molecule has 5 heteroatoms. The van der Waals surface area contributed by atoms with Crippen LogP contribution in [0.5, 0.6) is 0 Å². The Labute approximate surface area is 142 Å². The molecule has 0 bridgehead atoms. The van der Waals surface area contributed by atoms with Crippen LogP contribution in [0.1, 0.15) is 12.0 Å². The van der Waals surface area contributed by atoms with Crippen LogP contribution >= 0.6 is 22.6 Å². The summed E-state index contributed by atoms with van der Waals surface area (Å²) in [4.78, 5) is 25.9. The van der Waals surface area contributed by atoms with Gasteiger partial charge in [0.2, 0.25) is 5.91 Å². The number of nitrogens with zero attached hydrogens (tertiary/aromatic N) is 1. The van der Waals surface area contributed by atoms with E-state index in [9.17, 15) is 9.59 Å². The largest absolute Gasteiger partial charge is 0.301 e. The molecule has 1 saturated heterocycles. The zero-order valence-electron chi connectivity index (χ0n) is 11.8. The van der Waals surface area contributed by atoms with Crippen LogP contribution < -0.4 is 10.2 Å². The van der Waals surface area contributed by atoms with Crippen LogP contribution in [0.25, 0.3) is 0 Å². The number of nitrogens with one attached hydrogen (secondary N) is 1. The first kappa shape index (κ1) is 15.2. The minimum absolute atomic E-state index is 0.156. The lowest BCUT2D eigenvalue weighted by Crippen LogP contribution is -2.38. The van der Waals surface area contributed by atoms with E-state index in [1.807, 2.05) is 42.5 Å². The van der Waals surface area contributed by atoms with Gasteiger partial charge in [0.15, 0.2) is 0 Å². The van der Waals surface area contributed by atoms with Crippen LogP contribution in [0.3, 0.4) is 0 Å². The van der Waals surface area contributed by atoms with Crippen molar-refractivity contribution in [2.45, 2.75) is 19.0 Å². The molecule has 1 fully saturated rings. The quantitative estimate of drug-likeness (QED) is 0.628. The molecule has 1 aliphatic rings. The molecule has 1 atom stereocenters. The average Bonchev–Trinajstić information content (AvgIpc) is 2.82. The molecule has 0 spiro atoms. The monoisotopic (exact) mass is 406 g/mol. The molecular weight excluding hydrogens is 391 g/mol. The van der Waals surface area contributed by atoms with Crippen LogP contribution in [-0.4, -0.2) is 17.9 Å². The fourth-order valence-electron chi connectivity index (χ4n) is 2.49. The Balaban J connectivity index is 1.70. The van der Waals surface area contributed by atoms with Crippen LogP contribution in [0.2, 0.25) is 0 Å². The summed E-state index contributed by atoms with van der Waals surface area (Å²) in [5.74, 6) is -0.334. The van der Waals surface area contributed by atoms with Gasteiger partial charge in [0.05, 0.1) is 18.2 Å². The topological polar surface area (TPSA) is 49.4 Å². The molecule has 0 saturated carbocycles. The molecule has 2 aromatic carbocycles. The number of hydrogen-bond acceptors (Lipinski definition) is 3. The van der Waals surface area contributed by atoms with E-state index in [1.165, 1.54) is 4.90 Å². The standard InChI is InChI=1S/C17H15IN2O2/c18-13-6-8-14(9-7-13)20-16(21)10-15(17(20)22)19-11-12-4-2-1-3-5-12/h1-9,15,19H,10-11H2/t15-/m0/s1. The van der Waals surface area contributed by atoms with E-state index in [0.29, 0.717) is 12.2 Å². The zero-order valence-corrected chi connectivity index (χ0v) is 14.0. The first-order valence-electron chi connectivity index (χ1n) is 7.05. The molecule has 4 nitrogen and oxygen atoms in total. The van der Waals surface area contributed by atoms with Crippen LogP contribution in [0.15, 0.2) is 54.6 Å². The molecule has 1 aliphatic heterocycles. The van der Waals surface area contributed by atoms with Crippen molar-refractivity contribution in [1.29, 1.82) is 0 Å². The number of carbonyl (C=O) groups is 2. The molecule has 3 rings (SSSR count). The second-order valence-electron chi connectivity index (χ2n) is 5.17. The molecular formula is C17H15IN2O2. The van der Waals surface area contributed by atoms with Gasteiger partial charge in [-0.15, -0.1) is 0 Å². The van der Waals surface area contributed by atoms with Gasteiger partial charge in [-0.2, -0.15) is 0 Å². The van der Waals surface area contributed by atoms with Crippen molar-refractivity contribution in [3.8, 4) is 0 Å². The summed E-state index contributed by atoms with van der Waals surface area (Å²) in [5.41, 5.74) is 1.73. The first-order chi connectivity index (χ1) is 10.6. The highest BCUT2D eigenvalue weighted by Gasteiger charge is 2.39. The molecule has 1 heterocycles. The van der Waals surface area contributed by atoms with Crippen LogP contribution in [0.4, 0.5) is 5.69 Å². The number of halogens is 1. The van der Waals surface area contributed by atoms with Crippen molar-refractivity contribution in [2.24, 2.45) is 0 Å². The predicted molar refractivity (Wildman–Crippen MR) is 93.3 cm³/mol. The van der Waals surface area contributed by atoms with Gasteiger partial charge < -0.3 is 5.32 Å². The normalized spacial score (nSPS) is 18.0. The molecule has 0 aromatic heterocycles. The van der Waals surface area contributed by atoms with Crippen molar-refractivity contribution in [3.05, 3.63) is 63.7 Å². The maximum Gasteiger partial charge on any atom is 0.251 e. The Hall–Kier alpha value is -1.73. The summed E-state index contributed by atoms with van der Waals surface area (Å²) >= 11 is 2.19. The second-order valence-corrected chi connectivity index (χ2v) is 6.41. The smallest absolute Gasteiger partial charge is 0.251 e. The van der Waals surface area contributed by atoms with E-state index in [1.54, 1.807) is 12.1 Å². The summed E-state index contributed by atoms with van der Waals surface area (Å²) in [7, 11) is 0. The third kappa shape index (κ3) is 3.20. The summed E-state index contributed by atoms with van der Waals surface area (Å²) in [5, 5.41) is 3.18. The number of benzene rings is 2. The Morgan fingerprint density at radius 2 is 1.73 bits per heavy atom. The molecule has 0 unspecified atom stereocenters. The second kappa shape index (κ2) is 6.58. The summed E-state index contributed by atoms with van der Waals surface area (Å²) < 4.78 is 1.07. The van der Waals surface area contributed by atoms with E-state index >= 15 is 0 Å². The predicted octanol–water partition coefficient (Wildman–Crippen LogP) is 2.71. The van der Waals surface area contributed by atoms with Gasteiger partial charge in [-0.3, -0.25) is 9.59 Å². The van der Waals surface area contributed by atoms with Crippen molar-refractivity contribution in [2.75, 3.05) is 4.90 Å². The minimum atomic E-state index is -0.452. The Kier molecular flexibility index (Phi) is 4.54. The van der Waals surface area contributed by atoms with Crippen molar-refractivity contribution in [1.82, 2.24) is 5.32 Å². The Morgan fingerprint density at radius 1 is 1.05 bits per heavy atom. The molecule has 2 aromatic rings. The van der Waals surface area contributed by atoms with E-state index in [2.05, 4.69) is 27.9 Å². The summed E-state index contributed by atoms with van der Waals surface area (Å²) in [6, 6.07) is 16.8. The number of rotatable bonds is 4. The van der Waals surface area contributed by atoms with Gasteiger partial charge in [-0.1, -0.05) is 30.3 Å². The number of imide groups is 1. The van der Waals surface area contributed by atoms with E-state index in [0.717, 1.165) is 9.13 Å². The third-order valence-electron chi connectivity index (χ3n) is 3.63. The SMILES string of the molecule is O=C1C[C@H](NCc2ccccc2)C(=O)N1c1ccc(I)cc1. The highest BCUT2D eigenvalue weighted by Crippen LogP contribution is 2.23. The highest BCUT2D eigenvalue weighted by molar-refractivity contribution is 14.1. The molecule has 112 valence electrons. The van der Waals surface area contributed by atoms with Gasteiger partial charge >= 0.3 is 0 Å². The minimum Gasteiger partial charge on any atom is -0.301 e. The van der Waals surface area contributed by atoms with E-state index < -0.39 is 6.04 Å². The Morgan fingerprint density at radius 3 is 2.41 bits per heavy atom. The zero-order chi connectivity index (χ0) is 15.5. The molecule has 0 aliphatic carbocycles. The van der Waals surface area contributed by atoms with Gasteiger partial charge in [0, 0.05) is 10.1 Å². The van der Waals surface area contributed by atoms with Crippen LogP contribution in [0, 0.1) is 3.57 Å². The fraction of sp³-hybridized carbons (Fsp3) is 0.176. The average molecular weight is 406 g/mol. The molecule has 22 heavy (non-hydrogen) atoms. The van der Waals surface area contributed by atoms with Crippen molar-refractivity contribution in [3.63, 3.8) is 0 Å². The van der Waals surface area contributed by atoms with E-state index in [-0.39, 0.29) is 18.2 Å². The molecule has 2 amide bonds. The van der Waals surface area contributed by atoms with Crippen molar-refractivity contribution < 1.29 is 9.59 Å². The Bertz CT molecular complexity index is 686. The molecule has 1 N–H and O–H groups in total. The van der Waals surface area contributed by atoms with Gasteiger partial charge in [0.1, 0.15) is 0 Å². The maximum atomic E-state index is 12.5. The third-order valence-corrected chi connectivity index (χ3v) is 4.35. The lowest BCUT2D eigenvalue weighted by Gasteiger charge is -2.15. The van der Waals surface area contributed by atoms with E-state index in [4.69, 9.17) is 0 Å². The maximum absolute atomic E-state index is 12.5. The highest BCUT2D eigenvalue weighted by atomic mass is 127. The number of amides is 2. The van der Waals surface area contributed by atoms with Gasteiger partial charge in [-0.05, 0) is 52.4 Å². The summed E-state index contributed by atoms with van der Waals surface area (Å²) in [6.07, 6.45) is 0.206. The van der Waals surface area contributed by atoms with Gasteiger partial charge in [0.25, 0.3) is 5.91 Å². The van der Waals surface area contributed by atoms with Crippen LogP contribution in [-0.2, 0) is 16.1 Å².